The maximum Gasteiger partial charge on any atom is 0.334 e. The standard InChI is InChI=1S/C19H16N6O5S2/c1-10-3-6-16(31-10)32(29,30)24-17(26)14-8-22-15(9-21-14)25-18(27)12-5-4-11(20-2)7-13(12)23-19(25)28/h3-9,20H,1-2H3,(H,23,28)(H,24,26). The molecule has 4 rings (SSSR count). The van der Waals surface area contributed by atoms with Gasteiger partial charge in [-0.25, -0.2) is 32.5 Å². The Labute approximate surface area is 184 Å². The number of H-pyrrole nitrogens is 1. The Morgan fingerprint density at radius 1 is 1.12 bits per heavy atom. The predicted molar refractivity (Wildman–Crippen MR) is 119 cm³/mol. The van der Waals surface area contributed by atoms with E-state index in [2.05, 4.69) is 20.3 Å². The van der Waals surface area contributed by atoms with Gasteiger partial charge in [-0.1, -0.05) is 0 Å². The maximum atomic E-state index is 12.8. The topological polar surface area (TPSA) is 156 Å². The number of aromatic amines is 1. The van der Waals surface area contributed by atoms with Gasteiger partial charge in [0.15, 0.2) is 5.82 Å². The second-order valence-electron chi connectivity index (χ2n) is 6.64. The number of sulfonamides is 1. The van der Waals surface area contributed by atoms with Crippen LogP contribution in [0, 0.1) is 6.92 Å². The number of benzene rings is 1. The molecular weight excluding hydrogens is 456 g/mol. The van der Waals surface area contributed by atoms with Gasteiger partial charge in [-0.3, -0.25) is 9.59 Å². The van der Waals surface area contributed by atoms with Crippen molar-refractivity contribution in [3.8, 4) is 5.82 Å². The van der Waals surface area contributed by atoms with Crippen LogP contribution in [0.1, 0.15) is 15.4 Å². The number of amides is 1. The highest BCUT2D eigenvalue weighted by atomic mass is 32.2. The summed E-state index contributed by atoms with van der Waals surface area (Å²) in [5.41, 5.74) is -0.588. The first kappa shape index (κ1) is 21.4. The van der Waals surface area contributed by atoms with Crippen LogP contribution < -0.4 is 21.3 Å². The van der Waals surface area contributed by atoms with Gasteiger partial charge in [-0.2, -0.15) is 0 Å². The van der Waals surface area contributed by atoms with Crippen LogP contribution in [0.2, 0.25) is 0 Å². The third-order valence-corrected chi connectivity index (χ3v) is 7.32. The summed E-state index contributed by atoms with van der Waals surface area (Å²) in [5.74, 6) is -1.11. The molecule has 0 aliphatic carbocycles. The van der Waals surface area contributed by atoms with Crippen LogP contribution in [-0.2, 0) is 10.0 Å². The first-order valence-corrected chi connectivity index (χ1v) is 11.4. The zero-order chi connectivity index (χ0) is 23.0. The number of fused-ring (bicyclic) bond motifs is 1. The fourth-order valence-corrected chi connectivity index (χ4v) is 5.16. The number of carbonyl (C=O) groups is 1. The summed E-state index contributed by atoms with van der Waals surface area (Å²) in [6.45, 7) is 1.74. The van der Waals surface area contributed by atoms with Gasteiger partial charge >= 0.3 is 5.69 Å². The molecule has 3 heterocycles. The van der Waals surface area contributed by atoms with Gasteiger partial charge in [0.1, 0.15) is 9.90 Å². The summed E-state index contributed by atoms with van der Waals surface area (Å²) in [7, 11) is -2.35. The van der Waals surface area contributed by atoms with Crippen molar-refractivity contribution >= 4 is 43.9 Å². The van der Waals surface area contributed by atoms with Crippen LogP contribution in [0.25, 0.3) is 16.7 Å². The fourth-order valence-electron chi connectivity index (χ4n) is 2.92. The zero-order valence-electron chi connectivity index (χ0n) is 16.7. The zero-order valence-corrected chi connectivity index (χ0v) is 18.4. The van der Waals surface area contributed by atoms with Crippen molar-refractivity contribution in [3.63, 3.8) is 0 Å². The highest BCUT2D eigenvalue weighted by Gasteiger charge is 2.21. The molecule has 11 nitrogen and oxygen atoms in total. The number of aromatic nitrogens is 4. The molecule has 164 valence electrons. The average molecular weight is 473 g/mol. The molecule has 0 unspecified atom stereocenters. The number of nitrogens with zero attached hydrogens (tertiary/aromatic N) is 3. The number of hydrogen-bond donors (Lipinski definition) is 3. The lowest BCUT2D eigenvalue weighted by Crippen LogP contribution is -2.35. The SMILES string of the molecule is CNc1ccc2c(=O)n(-c3cnc(C(=O)NS(=O)(=O)c4ccc(C)s4)cn3)c(=O)[nH]c2c1. The third-order valence-electron chi connectivity index (χ3n) is 4.49. The molecule has 4 aromatic rings. The molecule has 13 heteroatoms. The molecule has 3 aromatic heterocycles. The highest BCUT2D eigenvalue weighted by molar-refractivity contribution is 7.92. The minimum atomic E-state index is -4.06. The number of aryl methyl sites for hydroxylation is 1. The van der Waals surface area contributed by atoms with Gasteiger partial charge in [0.25, 0.3) is 21.5 Å². The monoisotopic (exact) mass is 472 g/mol. The predicted octanol–water partition coefficient (Wildman–Crippen LogP) is 0.999. The van der Waals surface area contributed by atoms with Gasteiger partial charge in [0.2, 0.25) is 0 Å². The first-order valence-electron chi connectivity index (χ1n) is 9.12. The second-order valence-corrected chi connectivity index (χ2v) is 9.84. The molecule has 0 atom stereocenters. The van der Waals surface area contributed by atoms with Gasteiger partial charge in [0, 0.05) is 17.6 Å². The van der Waals surface area contributed by atoms with E-state index in [0.717, 1.165) is 33.2 Å². The molecule has 0 radical (unpaired) electrons. The van der Waals surface area contributed by atoms with Crippen molar-refractivity contribution in [1.82, 2.24) is 24.2 Å². The smallest absolute Gasteiger partial charge is 0.334 e. The van der Waals surface area contributed by atoms with Crippen molar-refractivity contribution in [2.24, 2.45) is 0 Å². The number of anilines is 1. The number of nitrogens with one attached hydrogen (secondary N) is 3. The molecule has 1 aromatic carbocycles. The largest absolute Gasteiger partial charge is 0.388 e. The van der Waals surface area contributed by atoms with Crippen molar-refractivity contribution in [2.45, 2.75) is 11.1 Å². The maximum absolute atomic E-state index is 12.8. The van der Waals surface area contributed by atoms with E-state index in [4.69, 9.17) is 0 Å². The van der Waals surface area contributed by atoms with Crippen LogP contribution in [0.15, 0.2) is 56.5 Å². The Kier molecular flexibility index (Phi) is 5.36. The average Bonchev–Trinajstić information content (AvgIpc) is 3.21. The summed E-state index contributed by atoms with van der Waals surface area (Å²) < 4.78 is 27.3. The highest BCUT2D eigenvalue weighted by Crippen LogP contribution is 2.20. The lowest BCUT2D eigenvalue weighted by Gasteiger charge is -2.08. The molecule has 32 heavy (non-hydrogen) atoms. The van der Waals surface area contributed by atoms with E-state index in [1.807, 2.05) is 4.72 Å². The molecule has 3 N–H and O–H groups in total. The molecule has 0 saturated carbocycles. The number of carbonyl (C=O) groups excluding carboxylic acids is 1. The minimum absolute atomic E-state index is 0.0105. The minimum Gasteiger partial charge on any atom is -0.388 e. The second kappa shape index (κ2) is 8.01. The molecule has 0 saturated heterocycles. The fraction of sp³-hybridized carbons (Fsp3) is 0.105. The van der Waals surface area contributed by atoms with Crippen molar-refractivity contribution in [3.05, 3.63) is 74.1 Å². The third kappa shape index (κ3) is 3.90. The van der Waals surface area contributed by atoms with E-state index >= 15 is 0 Å². The molecule has 1 amide bonds. The van der Waals surface area contributed by atoms with Crippen LogP contribution in [0.3, 0.4) is 0 Å². The Bertz CT molecular complexity index is 1570. The van der Waals surface area contributed by atoms with E-state index in [1.165, 1.54) is 6.07 Å². The van der Waals surface area contributed by atoms with E-state index in [9.17, 15) is 22.8 Å². The molecule has 0 spiro atoms. The number of hydrogen-bond acceptors (Lipinski definition) is 9. The Morgan fingerprint density at radius 3 is 2.53 bits per heavy atom. The number of thiophene rings is 1. The van der Waals surface area contributed by atoms with Crippen molar-refractivity contribution < 1.29 is 13.2 Å². The number of rotatable bonds is 5. The Morgan fingerprint density at radius 2 is 1.91 bits per heavy atom. The van der Waals surface area contributed by atoms with Gasteiger partial charge in [-0.15, -0.1) is 11.3 Å². The summed E-state index contributed by atoms with van der Waals surface area (Å²) in [5, 5.41) is 3.17. The Balaban J connectivity index is 1.65. The lowest BCUT2D eigenvalue weighted by atomic mass is 10.2. The quantitative estimate of drug-likeness (QED) is 0.388. The molecule has 0 aliphatic heterocycles. The van der Waals surface area contributed by atoms with E-state index < -0.39 is 27.2 Å². The summed E-state index contributed by atoms with van der Waals surface area (Å²) in [6.07, 6.45) is 2.03. The summed E-state index contributed by atoms with van der Waals surface area (Å²) >= 11 is 1.02. The van der Waals surface area contributed by atoms with Gasteiger partial charge in [0.05, 0.1) is 23.3 Å². The summed E-state index contributed by atoms with van der Waals surface area (Å²) in [4.78, 5) is 48.8. The van der Waals surface area contributed by atoms with Gasteiger partial charge < -0.3 is 10.3 Å². The van der Waals surface area contributed by atoms with Crippen molar-refractivity contribution in [1.29, 1.82) is 0 Å². The van der Waals surface area contributed by atoms with Gasteiger partial charge in [-0.05, 0) is 37.3 Å². The van der Waals surface area contributed by atoms with Crippen LogP contribution in [0.4, 0.5) is 5.69 Å². The molecular formula is C19H16N6O5S2. The van der Waals surface area contributed by atoms with Crippen LogP contribution >= 0.6 is 11.3 Å². The van der Waals surface area contributed by atoms with E-state index in [0.29, 0.717) is 11.2 Å². The Hall–Kier alpha value is -3.84. The first-order chi connectivity index (χ1) is 15.2. The van der Waals surface area contributed by atoms with E-state index in [-0.39, 0.29) is 21.1 Å². The normalized spacial score (nSPS) is 11.4. The lowest BCUT2D eigenvalue weighted by molar-refractivity contribution is 0.0976. The van der Waals surface area contributed by atoms with E-state index in [1.54, 1.807) is 38.2 Å². The molecule has 0 bridgehead atoms. The summed E-state index contributed by atoms with van der Waals surface area (Å²) in [6, 6.07) is 7.87. The molecule has 0 fully saturated rings. The van der Waals surface area contributed by atoms with Crippen LogP contribution in [-0.4, -0.2) is 40.9 Å². The van der Waals surface area contributed by atoms with Crippen LogP contribution in [0.5, 0.6) is 0 Å². The van der Waals surface area contributed by atoms with Crippen molar-refractivity contribution in [2.75, 3.05) is 12.4 Å². The molecule has 0 aliphatic rings.